The van der Waals surface area contributed by atoms with E-state index in [4.69, 9.17) is 184 Å². The molecule has 8 aliphatic rings. The number of ether oxygens (including phenoxy) is 16. The van der Waals surface area contributed by atoms with Crippen LogP contribution < -0.4 is 296 Å². The Balaban J connectivity index is -0.000000313. The summed E-state index contributed by atoms with van der Waals surface area (Å²) in [5.41, 5.74) is 0. The first kappa shape index (κ1) is 156. The fraction of sp³-hybridized carbons (Fsp3) is 0.774. The van der Waals surface area contributed by atoms with Crippen LogP contribution in [0.15, 0.2) is 0 Å². The second-order valence-electron chi connectivity index (χ2n) is 23.6. The molecule has 0 aromatic carbocycles. The first-order chi connectivity index (χ1) is 54.2. The van der Waals surface area contributed by atoms with Crippen molar-refractivity contribution in [1.82, 2.24) is 0 Å². The van der Waals surface area contributed by atoms with Gasteiger partial charge in [0.25, 0.3) is 0 Å². The molecule has 8 rings (SSSR count). The Bertz CT molecular complexity index is 3590. The number of carbonyl (C=O) groups excluding carboxylic acids is 8. The summed E-state index contributed by atoms with van der Waals surface area (Å²) in [6.07, 6.45) is -33.7. The van der Waals surface area contributed by atoms with E-state index in [9.17, 15) is 82.1 Å². The number of methoxy groups -OCH3 is 1. The van der Waals surface area contributed by atoms with E-state index in [1.54, 1.807) is 6.92 Å². The molecule has 8 unspecified atom stereocenters. The van der Waals surface area contributed by atoms with Crippen molar-refractivity contribution < 1.29 is 570 Å². The van der Waals surface area contributed by atoms with Crippen LogP contribution in [0, 0.1) is 75.8 Å². The Morgan fingerprint density at radius 3 is 0.695 bits per heavy atom. The van der Waals surface area contributed by atoms with E-state index in [0.717, 1.165) is 45.7 Å². The molecule has 0 spiro atoms. The molecular formula is C53H78Na10O59S6-4. The third-order valence-electron chi connectivity index (χ3n) is 15.5. The summed E-state index contributed by atoms with van der Waals surface area (Å²) in [5, 5.41) is 119. The van der Waals surface area contributed by atoms with Crippen molar-refractivity contribution in [2.24, 2.45) is 23.7 Å². The molecule has 0 saturated carbocycles. The van der Waals surface area contributed by atoms with Crippen molar-refractivity contribution >= 4 is 87.0 Å². The van der Waals surface area contributed by atoms with Gasteiger partial charge in [0, 0.05) is 55.9 Å². The maximum atomic E-state index is 11.6. The van der Waals surface area contributed by atoms with Crippen LogP contribution in [-0.2, 0) is 185 Å². The van der Waals surface area contributed by atoms with E-state index in [-0.39, 0.29) is 320 Å². The van der Waals surface area contributed by atoms with E-state index < -0.39 is 285 Å². The maximum absolute atomic E-state index is 11.6. The van der Waals surface area contributed by atoms with E-state index in [2.05, 4.69) is 8.37 Å². The third kappa shape index (κ3) is 66.6. The number of hydrogen-bond acceptors (Lipinski definition) is 55. The average molecular weight is 2080 g/mol. The molecule has 0 aromatic heterocycles. The molecule has 128 heavy (non-hydrogen) atoms. The molecule has 8 heterocycles. The summed E-state index contributed by atoms with van der Waals surface area (Å²) < 4.78 is 301. The van der Waals surface area contributed by atoms with Gasteiger partial charge >= 0.3 is 320 Å². The SMILES string of the molecule is CO[C@H]1OC(CO)[C@@H](O[C@H]2[CH-][C@H](O)[C@H](O[C@@H]3OC(COS(=O)(=O)[O-])[C@@H](O[C@H]4[CH-][C@H](O)[C@H](O[C@@H]5OC(CO)[C@@H](O[C@H]6[CH-][C@H](O)[C@H](O[C@H]7OC(COS(=O)(=O)[O-])[C@@H](O[C@H]8[CH-][C@H](O)[C@H](O)[CH-]O8)[C@H](O)C7C)[CH-]O6)[C@H](O)C5C)[CH-]O4)[C@H](O)C3C)[CH-]O2)[C@H](O)C1C.O=C=O.O=C=O.O=C=O.O=C=O.O=S(=O)([O-])O.O=S(=O)([O-])O.O=S(=O)([O-])O.O=S(=O)([O-])O.[Na+].[Na+].[Na+].[Na+].[Na+].[Na+].[Na+].[Na+].[Na+].[Na+]. The zero-order valence-corrected chi connectivity index (χ0v) is 94.9. The van der Waals surface area contributed by atoms with Crippen LogP contribution in [0.4, 0.5) is 0 Å². The monoisotopic (exact) mass is 2080 g/mol. The summed E-state index contributed by atoms with van der Waals surface area (Å²) in [6, 6.07) is 0. The zero-order valence-electron chi connectivity index (χ0n) is 70.0. The Hall–Kier alpha value is 5.66. The quantitative estimate of drug-likeness (QED) is 0.0195. The van der Waals surface area contributed by atoms with Crippen LogP contribution in [0.25, 0.3) is 0 Å². The second kappa shape index (κ2) is 78.0. The van der Waals surface area contributed by atoms with Gasteiger partial charge in [-0.15, -0.1) is 0 Å². The van der Waals surface area contributed by atoms with Crippen LogP contribution in [0.2, 0.25) is 0 Å². The van der Waals surface area contributed by atoms with Crippen LogP contribution in [0.1, 0.15) is 27.7 Å². The van der Waals surface area contributed by atoms with Gasteiger partial charge < -0.3 is 159 Å². The maximum Gasteiger partial charge on any atom is 1.00 e. The van der Waals surface area contributed by atoms with E-state index in [0.29, 0.717) is 0 Å². The van der Waals surface area contributed by atoms with E-state index in [1.165, 1.54) is 34.3 Å². The summed E-state index contributed by atoms with van der Waals surface area (Å²) in [4.78, 5) is 65.0. The molecule has 0 radical (unpaired) electrons. The molecule has 0 aliphatic carbocycles. The Labute approximate surface area is 952 Å². The number of hydrogen-bond donors (Lipinski definition) is 15. The number of rotatable bonds is 23. The Morgan fingerprint density at radius 2 is 0.500 bits per heavy atom. The number of aliphatic hydroxyl groups is 11. The molecule has 0 bridgehead atoms. The van der Waals surface area contributed by atoms with Gasteiger partial charge in [0.2, 0.25) is 62.4 Å². The normalized spacial score (nSPS) is 34.6. The molecule has 0 aromatic rings. The van der Waals surface area contributed by atoms with Crippen molar-refractivity contribution in [2.75, 3.05) is 33.5 Å². The molecule has 75 heteroatoms. The van der Waals surface area contributed by atoms with Crippen LogP contribution in [0.3, 0.4) is 0 Å². The molecular weight excluding hydrogens is 2000 g/mol. The van der Waals surface area contributed by atoms with Crippen molar-refractivity contribution in [2.45, 2.75) is 200 Å². The largest absolute Gasteiger partial charge is 1.00 e. The van der Waals surface area contributed by atoms with E-state index in [1.807, 2.05) is 0 Å². The van der Waals surface area contributed by atoms with Gasteiger partial charge in [-0.2, -0.15) is 64.8 Å². The smallest absolute Gasteiger partial charge is 0.726 e. The van der Waals surface area contributed by atoms with Crippen molar-refractivity contribution in [1.29, 1.82) is 0 Å². The predicted octanol–water partition coefficient (Wildman–Crippen LogP) is -43.4. The van der Waals surface area contributed by atoms with Gasteiger partial charge in [-0.25, -0.2) is 76.2 Å². The Morgan fingerprint density at radius 1 is 0.312 bits per heavy atom. The van der Waals surface area contributed by atoms with Crippen molar-refractivity contribution in [3.05, 3.63) is 52.1 Å². The number of aliphatic hydroxyl groups excluding tert-OH is 11. The minimum Gasteiger partial charge on any atom is -0.726 e. The van der Waals surface area contributed by atoms with Gasteiger partial charge in [0.15, 0.2) is 25.2 Å². The van der Waals surface area contributed by atoms with Gasteiger partial charge in [0.1, 0.15) is 48.8 Å². The van der Waals surface area contributed by atoms with Gasteiger partial charge in [-0.05, 0) is 24.4 Å². The minimum atomic E-state index is -5.35. The van der Waals surface area contributed by atoms with Crippen molar-refractivity contribution in [3.63, 3.8) is 0 Å². The zero-order chi connectivity index (χ0) is 91.5. The molecule has 694 valence electrons. The first-order valence-corrected chi connectivity index (χ1v) is 39.7. The molecule has 15 N–H and O–H groups in total. The molecule has 8 fully saturated rings. The minimum absolute atomic E-state index is 0. The summed E-state index contributed by atoms with van der Waals surface area (Å²) >= 11 is 0. The van der Waals surface area contributed by atoms with Crippen LogP contribution in [-0.4, -0.2) is 383 Å². The molecule has 8 aliphatic heterocycles. The van der Waals surface area contributed by atoms with Crippen LogP contribution >= 0.6 is 0 Å². The second-order valence-corrected chi connectivity index (χ2v) is 29.1. The van der Waals surface area contributed by atoms with Gasteiger partial charge in [-0.3, -0.25) is 26.6 Å². The van der Waals surface area contributed by atoms with Gasteiger partial charge in [-0.1, -0.05) is 52.1 Å². The van der Waals surface area contributed by atoms with E-state index >= 15 is 0 Å². The standard InChI is InChI=1S/C49H76O35S2.4CO2.10Na.4H2O4S/c1-18-38(57)42(27(10-50)74-46(18)67-5)81-35-7-23(53)30(14-69-35)78-49-21(4)41(60)45(33(80-49)17-73-86(64,65)66)84-37-9-25(55)29(13-71-37)76-47-19(2)39(58)43(28(11-51)75-47)82-36-8-24(54)31(15-70-36)77-48-20(3)40(59)44(32(79-48)16-72-85(61,62)63)83-34-6-22(52)26(56)12-68-34;4*2-1-3;;;;;;;;;;;4*1-5(2,3)4/h6-9,12-15,18-60H,10-11,16-17H2,1-5H3,(H,61,62,63)(H,64,65,66);;;;;;;;;;;;;;;4*(H2,1,2,3,4)/q-8;;;;;10*+1;;;;/p-6/t18?,19?,20?,21?,22-,23-,24-,25-,26+,27?,28?,29+,30+,31+,32?,33?,34-,35-,36-,37-,38+,39+,40+,41+,42+,43+,44+,45+,46-,47-,48-,49+;;;;;;;;;;;;;;;;;;/m0................../s1. The fourth-order valence-corrected chi connectivity index (χ4v) is 11.0. The predicted molar refractivity (Wildman–Crippen MR) is 335 cm³/mol. The molecule has 0 amide bonds. The average Bonchev–Trinajstić information content (AvgIpc) is 0.875. The van der Waals surface area contributed by atoms with Gasteiger partial charge in [0.05, 0.1) is 50.8 Å². The molecule has 59 nitrogen and oxygen atoms in total. The molecule has 32 atom stereocenters. The summed E-state index contributed by atoms with van der Waals surface area (Å²) in [7, 11) is -28.9. The van der Waals surface area contributed by atoms with Crippen LogP contribution in [0.5, 0.6) is 0 Å². The Kier molecular flexibility index (Phi) is 95.3. The summed E-state index contributed by atoms with van der Waals surface area (Å²) in [5.74, 6) is -3.64. The fourth-order valence-electron chi connectivity index (χ4n) is 10.4. The summed E-state index contributed by atoms with van der Waals surface area (Å²) in [6.45, 7) is 6.59. The third-order valence-corrected chi connectivity index (χ3v) is 16.3. The molecule has 8 saturated heterocycles. The van der Waals surface area contributed by atoms with Crippen molar-refractivity contribution in [3.8, 4) is 0 Å². The topological polar surface area (TPSA) is 949 Å². The first-order valence-electron chi connectivity index (χ1n) is 31.6.